The van der Waals surface area contributed by atoms with Gasteiger partial charge in [-0.05, 0) is 12.0 Å². The van der Waals surface area contributed by atoms with Crippen LogP contribution in [0.1, 0.15) is 39.3 Å². The van der Waals surface area contributed by atoms with Gasteiger partial charge in [-0.3, -0.25) is 4.98 Å². The van der Waals surface area contributed by atoms with Crippen LogP contribution in [0, 0.1) is 0 Å². The summed E-state index contributed by atoms with van der Waals surface area (Å²) in [5.74, 6) is 0.482. The van der Waals surface area contributed by atoms with E-state index in [-0.39, 0.29) is 0 Å². The largest absolute Gasteiger partial charge is 0.259 e. The predicted molar refractivity (Wildman–Crippen MR) is 62.9 cm³/mol. The van der Waals surface area contributed by atoms with Crippen molar-refractivity contribution in [2.45, 2.75) is 33.6 Å². The minimum Gasteiger partial charge on any atom is -0.259 e. The maximum atomic E-state index is 4.35. The van der Waals surface area contributed by atoms with Gasteiger partial charge in [0.05, 0.1) is 15.7 Å². The Kier molecular flexibility index (Phi) is 4.01. The molecular weight excluding hydrogens is 192 g/mol. The quantitative estimate of drug-likeness (QED) is 0.711. The highest BCUT2D eigenvalue weighted by Gasteiger charge is 2.02. The second-order valence-corrected chi connectivity index (χ2v) is 3.97. The number of nitrogens with zero attached hydrogens (tertiary/aromatic N) is 2. The average Bonchev–Trinajstić information content (AvgIpc) is 2.67. The number of aromatic nitrogens is 2. The summed E-state index contributed by atoms with van der Waals surface area (Å²) >= 11 is 1.63. The maximum absolute atomic E-state index is 4.35. The van der Waals surface area contributed by atoms with Crippen LogP contribution in [0.15, 0.2) is 17.8 Å². The molecule has 0 unspecified atom stereocenters. The van der Waals surface area contributed by atoms with Gasteiger partial charge in [-0.15, -0.1) is 11.3 Å². The Hall–Kier alpha value is -0.960. The zero-order chi connectivity index (χ0) is 10.6. The van der Waals surface area contributed by atoms with Crippen molar-refractivity contribution in [1.29, 1.82) is 0 Å². The van der Waals surface area contributed by atoms with Crippen LogP contribution in [0.2, 0.25) is 0 Å². The number of pyridine rings is 1. The van der Waals surface area contributed by atoms with Crippen molar-refractivity contribution in [2.75, 3.05) is 0 Å². The van der Waals surface area contributed by atoms with Gasteiger partial charge in [-0.1, -0.05) is 27.7 Å². The van der Waals surface area contributed by atoms with Crippen molar-refractivity contribution in [1.82, 2.24) is 9.97 Å². The molecule has 2 nitrogen and oxygen atoms in total. The first kappa shape index (κ1) is 11.1. The monoisotopic (exact) mass is 208 g/mol. The molecule has 0 aromatic carbocycles. The lowest BCUT2D eigenvalue weighted by molar-refractivity contribution is 0.826. The van der Waals surface area contributed by atoms with Crippen molar-refractivity contribution in [2.24, 2.45) is 0 Å². The molecule has 0 aliphatic heterocycles. The van der Waals surface area contributed by atoms with Crippen molar-refractivity contribution < 1.29 is 0 Å². The number of rotatable bonds is 1. The van der Waals surface area contributed by atoms with Crippen LogP contribution in [0.4, 0.5) is 0 Å². The molecule has 3 heteroatoms. The summed E-state index contributed by atoms with van der Waals surface area (Å²) in [6.07, 6.45) is 1.91. The van der Waals surface area contributed by atoms with Gasteiger partial charge in [0.2, 0.25) is 0 Å². The van der Waals surface area contributed by atoms with Crippen LogP contribution in [0.25, 0.3) is 10.2 Å². The summed E-state index contributed by atoms with van der Waals surface area (Å²) in [5.41, 5.74) is 4.04. The first-order valence-electron chi connectivity index (χ1n) is 4.96. The van der Waals surface area contributed by atoms with Gasteiger partial charge in [-0.25, -0.2) is 4.98 Å². The van der Waals surface area contributed by atoms with Gasteiger partial charge >= 0.3 is 0 Å². The van der Waals surface area contributed by atoms with Crippen molar-refractivity contribution in [3.63, 3.8) is 0 Å². The lowest BCUT2D eigenvalue weighted by atomic mass is 10.1. The van der Waals surface area contributed by atoms with E-state index in [9.17, 15) is 0 Å². The molecule has 0 aliphatic rings. The molecule has 0 fully saturated rings. The van der Waals surface area contributed by atoms with Crippen LogP contribution >= 0.6 is 11.3 Å². The lowest BCUT2D eigenvalue weighted by Gasteiger charge is -2.01. The second-order valence-electron chi connectivity index (χ2n) is 3.08. The molecule has 0 atom stereocenters. The summed E-state index contributed by atoms with van der Waals surface area (Å²) < 4.78 is 1.17. The summed E-state index contributed by atoms with van der Waals surface area (Å²) in [6.45, 7) is 8.28. The van der Waals surface area contributed by atoms with E-state index < -0.39 is 0 Å². The standard InChI is InChI=1S/C9H10N2S.C2H6/c1-6(2)7-3-8-9(4-10-7)12-5-11-8;1-2/h3-6H,1-2H3;1-2H3. The summed E-state index contributed by atoms with van der Waals surface area (Å²) in [6, 6.07) is 2.07. The number of hydrogen-bond acceptors (Lipinski definition) is 3. The van der Waals surface area contributed by atoms with Gasteiger partial charge in [0.15, 0.2) is 0 Å². The van der Waals surface area contributed by atoms with E-state index in [1.54, 1.807) is 11.3 Å². The lowest BCUT2D eigenvalue weighted by Crippen LogP contribution is -1.90. The van der Waals surface area contributed by atoms with Crippen LogP contribution in [-0.2, 0) is 0 Å². The van der Waals surface area contributed by atoms with E-state index in [1.165, 1.54) is 4.70 Å². The summed E-state index contributed by atoms with van der Waals surface area (Å²) in [5, 5.41) is 0. The minimum atomic E-state index is 0.482. The molecule has 0 radical (unpaired) electrons. The molecule has 0 bridgehead atoms. The SMILES string of the molecule is CC.CC(C)c1cc2ncsc2cn1. The second kappa shape index (κ2) is 5.05. The zero-order valence-electron chi connectivity index (χ0n) is 9.11. The highest BCUT2D eigenvalue weighted by atomic mass is 32.1. The minimum absolute atomic E-state index is 0.482. The molecule has 0 N–H and O–H groups in total. The van der Waals surface area contributed by atoms with Crippen molar-refractivity contribution in [3.8, 4) is 0 Å². The van der Waals surface area contributed by atoms with E-state index in [0.29, 0.717) is 5.92 Å². The van der Waals surface area contributed by atoms with Gasteiger partial charge in [0.25, 0.3) is 0 Å². The molecule has 0 saturated carbocycles. The van der Waals surface area contributed by atoms with E-state index >= 15 is 0 Å². The topological polar surface area (TPSA) is 25.8 Å². The van der Waals surface area contributed by atoms with Gasteiger partial charge < -0.3 is 0 Å². The predicted octanol–water partition coefficient (Wildman–Crippen LogP) is 3.84. The first-order chi connectivity index (χ1) is 6.77. The molecule has 0 amide bonds. The van der Waals surface area contributed by atoms with Crippen LogP contribution in [0.3, 0.4) is 0 Å². The smallest absolute Gasteiger partial charge is 0.0845 e. The highest BCUT2D eigenvalue weighted by Crippen LogP contribution is 2.20. The third-order valence-corrected chi connectivity index (χ3v) is 2.61. The fraction of sp³-hybridized carbons (Fsp3) is 0.455. The van der Waals surface area contributed by atoms with Crippen molar-refractivity contribution in [3.05, 3.63) is 23.5 Å². The molecule has 2 rings (SSSR count). The summed E-state index contributed by atoms with van der Waals surface area (Å²) in [4.78, 5) is 8.59. The van der Waals surface area contributed by atoms with Crippen molar-refractivity contribution >= 4 is 21.6 Å². The molecule has 2 aromatic heterocycles. The van der Waals surface area contributed by atoms with E-state index in [0.717, 1.165) is 11.2 Å². The summed E-state index contributed by atoms with van der Waals surface area (Å²) in [7, 11) is 0. The zero-order valence-corrected chi connectivity index (χ0v) is 9.93. The van der Waals surface area contributed by atoms with Gasteiger partial charge in [-0.2, -0.15) is 0 Å². The average molecular weight is 208 g/mol. The maximum Gasteiger partial charge on any atom is 0.0845 e. The van der Waals surface area contributed by atoms with Crippen LogP contribution in [0.5, 0.6) is 0 Å². The number of thiazole rings is 1. The Bertz CT molecular complexity index is 393. The Labute approximate surface area is 89.0 Å². The third kappa shape index (κ3) is 2.29. The molecular formula is C11H16N2S. The normalized spacial score (nSPS) is 10.1. The first-order valence-corrected chi connectivity index (χ1v) is 5.84. The van der Waals surface area contributed by atoms with Gasteiger partial charge in [0.1, 0.15) is 0 Å². The number of fused-ring (bicyclic) bond motifs is 1. The molecule has 2 heterocycles. The van der Waals surface area contributed by atoms with Crippen LogP contribution in [-0.4, -0.2) is 9.97 Å². The third-order valence-electron chi connectivity index (χ3n) is 1.83. The molecule has 14 heavy (non-hydrogen) atoms. The Morgan fingerprint density at radius 3 is 2.57 bits per heavy atom. The Morgan fingerprint density at radius 2 is 1.93 bits per heavy atom. The fourth-order valence-corrected chi connectivity index (χ4v) is 1.72. The van der Waals surface area contributed by atoms with E-state index in [1.807, 2.05) is 25.6 Å². The molecule has 76 valence electrons. The fourth-order valence-electron chi connectivity index (χ4n) is 1.10. The van der Waals surface area contributed by atoms with E-state index in [2.05, 4.69) is 29.9 Å². The number of hydrogen-bond donors (Lipinski definition) is 0. The van der Waals surface area contributed by atoms with Gasteiger partial charge in [0, 0.05) is 11.9 Å². The molecule has 0 spiro atoms. The molecule has 0 saturated heterocycles. The molecule has 0 aliphatic carbocycles. The van der Waals surface area contributed by atoms with Crippen LogP contribution < -0.4 is 0 Å². The Morgan fingerprint density at radius 1 is 1.21 bits per heavy atom. The molecule has 2 aromatic rings. The van der Waals surface area contributed by atoms with E-state index in [4.69, 9.17) is 0 Å². The Balaban J connectivity index is 0.000000461. The highest BCUT2D eigenvalue weighted by molar-refractivity contribution is 7.16.